The first-order chi connectivity index (χ1) is 12.3. The van der Waals surface area contributed by atoms with Crippen molar-refractivity contribution in [2.75, 3.05) is 25.0 Å². The van der Waals surface area contributed by atoms with E-state index in [0.29, 0.717) is 0 Å². The van der Waals surface area contributed by atoms with Crippen molar-refractivity contribution in [3.8, 4) is 11.3 Å². The molecule has 1 aromatic carbocycles. The summed E-state index contributed by atoms with van der Waals surface area (Å²) in [5.41, 5.74) is 2.28. The van der Waals surface area contributed by atoms with E-state index in [4.69, 9.17) is 0 Å². The van der Waals surface area contributed by atoms with Gasteiger partial charge in [0.2, 0.25) is 0 Å². The molecule has 2 bridgehead atoms. The topological polar surface area (TPSA) is 53.1 Å². The average Bonchev–Trinajstić information content (AvgIpc) is 3.05. The maximum absolute atomic E-state index is 4.40. The molecule has 0 saturated carbocycles. The standard InChI is InChI=1S/C20H23N5/c1-2-4-15(5-3-1)17-12-19(22-14-21-17)23-18-6-9-20(24-18)13-25-10-7-16(20)8-11-25/h1-6,12,14,16,24H,7-11,13H2,(H,21,22,23)/t20-/m0/s1. The summed E-state index contributed by atoms with van der Waals surface area (Å²) in [5, 5.41) is 7.26. The van der Waals surface area contributed by atoms with E-state index < -0.39 is 0 Å². The van der Waals surface area contributed by atoms with E-state index in [0.717, 1.165) is 35.2 Å². The van der Waals surface area contributed by atoms with Crippen molar-refractivity contribution >= 4 is 5.82 Å². The second-order valence-electron chi connectivity index (χ2n) is 7.43. The van der Waals surface area contributed by atoms with E-state index >= 15 is 0 Å². The number of nitrogens with one attached hydrogen (secondary N) is 2. The van der Waals surface area contributed by atoms with Gasteiger partial charge in [0.25, 0.3) is 0 Å². The predicted octanol–water partition coefficient (Wildman–Crippen LogP) is 2.85. The summed E-state index contributed by atoms with van der Waals surface area (Å²) in [5.74, 6) is 2.72. The van der Waals surface area contributed by atoms with Gasteiger partial charge >= 0.3 is 0 Å². The molecule has 1 spiro atoms. The molecular weight excluding hydrogens is 310 g/mol. The van der Waals surface area contributed by atoms with Crippen LogP contribution < -0.4 is 10.6 Å². The summed E-state index contributed by atoms with van der Waals surface area (Å²) in [6.45, 7) is 3.70. The highest BCUT2D eigenvalue weighted by molar-refractivity contribution is 5.62. The summed E-state index contributed by atoms with van der Waals surface area (Å²) in [7, 11) is 0. The number of piperidine rings is 3. The van der Waals surface area contributed by atoms with Gasteiger partial charge in [-0.15, -0.1) is 0 Å². The molecule has 25 heavy (non-hydrogen) atoms. The van der Waals surface area contributed by atoms with E-state index in [-0.39, 0.29) is 5.54 Å². The zero-order chi connectivity index (χ0) is 16.7. The summed E-state index contributed by atoms with van der Waals surface area (Å²) >= 11 is 0. The van der Waals surface area contributed by atoms with Gasteiger partial charge in [-0.25, -0.2) is 9.97 Å². The monoisotopic (exact) mass is 333 g/mol. The van der Waals surface area contributed by atoms with Gasteiger partial charge in [0.05, 0.1) is 11.2 Å². The van der Waals surface area contributed by atoms with Crippen LogP contribution in [-0.2, 0) is 0 Å². The van der Waals surface area contributed by atoms with Crippen molar-refractivity contribution in [3.05, 3.63) is 54.6 Å². The fourth-order valence-electron chi connectivity index (χ4n) is 4.61. The van der Waals surface area contributed by atoms with Gasteiger partial charge in [0.15, 0.2) is 0 Å². The number of benzene rings is 1. The molecular formula is C20H23N5. The van der Waals surface area contributed by atoms with Crippen LogP contribution in [0.3, 0.4) is 0 Å². The van der Waals surface area contributed by atoms with Crippen LogP contribution in [0.15, 0.2) is 54.6 Å². The highest BCUT2D eigenvalue weighted by atomic mass is 15.3. The largest absolute Gasteiger partial charge is 0.365 e. The smallest absolute Gasteiger partial charge is 0.135 e. The number of aromatic nitrogens is 2. The lowest BCUT2D eigenvalue weighted by Crippen LogP contribution is -2.64. The Morgan fingerprint density at radius 3 is 2.72 bits per heavy atom. The summed E-state index contributed by atoms with van der Waals surface area (Å²) in [6.07, 6.45) is 7.67. The molecule has 5 heteroatoms. The van der Waals surface area contributed by atoms with Gasteiger partial charge in [-0.1, -0.05) is 30.3 Å². The fraction of sp³-hybridized carbons (Fsp3) is 0.400. The number of rotatable bonds is 3. The molecule has 3 saturated heterocycles. The average molecular weight is 333 g/mol. The third-order valence-electron chi connectivity index (χ3n) is 5.93. The Balaban J connectivity index is 1.32. The minimum Gasteiger partial charge on any atom is -0.365 e. The third kappa shape index (κ3) is 2.68. The van der Waals surface area contributed by atoms with Crippen LogP contribution in [0.2, 0.25) is 0 Å². The van der Waals surface area contributed by atoms with Gasteiger partial charge < -0.3 is 15.5 Å². The van der Waals surface area contributed by atoms with Crippen LogP contribution in [0.4, 0.5) is 5.82 Å². The van der Waals surface area contributed by atoms with Crippen molar-refractivity contribution in [1.29, 1.82) is 0 Å². The van der Waals surface area contributed by atoms with Gasteiger partial charge in [-0.2, -0.15) is 0 Å². The number of fused-ring (bicyclic) bond motifs is 2. The Kier molecular flexibility index (Phi) is 3.48. The van der Waals surface area contributed by atoms with E-state index in [9.17, 15) is 0 Å². The lowest BCUT2D eigenvalue weighted by Gasteiger charge is -2.52. The second kappa shape index (κ2) is 5.85. The number of anilines is 1. The summed E-state index contributed by atoms with van der Waals surface area (Å²) in [6, 6.07) is 12.2. The van der Waals surface area contributed by atoms with E-state index in [1.54, 1.807) is 6.33 Å². The normalized spacial score (nSPS) is 30.2. The zero-order valence-electron chi connectivity index (χ0n) is 14.3. The quantitative estimate of drug-likeness (QED) is 0.905. The van der Waals surface area contributed by atoms with Crippen LogP contribution in [0, 0.1) is 5.92 Å². The molecule has 128 valence electrons. The number of hydrogen-bond acceptors (Lipinski definition) is 5. The summed E-state index contributed by atoms with van der Waals surface area (Å²) < 4.78 is 0. The molecule has 1 aromatic heterocycles. The molecule has 3 fully saturated rings. The molecule has 0 unspecified atom stereocenters. The Labute approximate surface area is 148 Å². The van der Waals surface area contributed by atoms with Crippen LogP contribution in [-0.4, -0.2) is 40.0 Å². The van der Waals surface area contributed by atoms with Gasteiger partial charge in [-0.3, -0.25) is 0 Å². The first kappa shape index (κ1) is 14.9. The van der Waals surface area contributed by atoms with Gasteiger partial charge in [0.1, 0.15) is 18.0 Å². The molecule has 4 aliphatic heterocycles. The minimum atomic E-state index is 0.230. The van der Waals surface area contributed by atoms with Crippen molar-refractivity contribution in [3.63, 3.8) is 0 Å². The Bertz CT molecular complexity index is 795. The molecule has 0 amide bonds. The molecule has 5 heterocycles. The number of nitrogens with zero attached hydrogens (tertiary/aromatic N) is 3. The van der Waals surface area contributed by atoms with Crippen LogP contribution in [0.25, 0.3) is 11.3 Å². The maximum Gasteiger partial charge on any atom is 0.135 e. The first-order valence-corrected chi connectivity index (χ1v) is 9.16. The fourth-order valence-corrected chi connectivity index (χ4v) is 4.61. The molecule has 5 nitrogen and oxygen atoms in total. The SMILES string of the molecule is C1=C(Nc2cc(-c3ccccc3)ncn2)N[C@@]2(C1)CN1CCC2CC1. The molecule has 1 atom stereocenters. The van der Waals surface area contributed by atoms with Crippen LogP contribution in [0.5, 0.6) is 0 Å². The predicted molar refractivity (Wildman–Crippen MR) is 98.8 cm³/mol. The van der Waals surface area contributed by atoms with E-state index in [2.05, 4.69) is 43.7 Å². The lowest BCUT2D eigenvalue weighted by molar-refractivity contribution is 0.0189. The second-order valence-corrected chi connectivity index (χ2v) is 7.43. The molecule has 0 aliphatic carbocycles. The van der Waals surface area contributed by atoms with Crippen molar-refractivity contribution < 1.29 is 0 Å². The molecule has 6 rings (SSSR count). The van der Waals surface area contributed by atoms with E-state index in [1.807, 2.05) is 24.3 Å². The van der Waals surface area contributed by atoms with Crippen molar-refractivity contribution in [2.24, 2.45) is 5.92 Å². The Hall–Kier alpha value is -2.40. The van der Waals surface area contributed by atoms with Crippen LogP contribution in [0.1, 0.15) is 19.3 Å². The Morgan fingerprint density at radius 1 is 1.12 bits per heavy atom. The van der Waals surface area contributed by atoms with Crippen LogP contribution >= 0.6 is 0 Å². The summed E-state index contributed by atoms with van der Waals surface area (Å²) in [4.78, 5) is 11.4. The van der Waals surface area contributed by atoms with Crippen molar-refractivity contribution in [1.82, 2.24) is 20.2 Å². The maximum atomic E-state index is 4.40. The molecule has 2 N–H and O–H groups in total. The zero-order valence-corrected chi connectivity index (χ0v) is 14.3. The number of hydrogen-bond donors (Lipinski definition) is 2. The highest BCUT2D eigenvalue weighted by Crippen LogP contribution is 2.41. The minimum absolute atomic E-state index is 0.230. The van der Waals surface area contributed by atoms with E-state index in [1.165, 1.54) is 32.5 Å². The van der Waals surface area contributed by atoms with Crippen molar-refractivity contribution in [2.45, 2.75) is 24.8 Å². The Morgan fingerprint density at radius 2 is 1.96 bits per heavy atom. The first-order valence-electron chi connectivity index (χ1n) is 9.16. The van der Waals surface area contributed by atoms with Gasteiger partial charge in [-0.05, 0) is 44.3 Å². The molecule has 0 radical (unpaired) electrons. The van der Waals surface area contributed by atoms with Gasteiger partial charge in [0, 0.05) is 18.2 Å². The molecule has 2 aromatic rings. The third-order valence-corrected chi connectivity index (χ3v) is 5.93. The highest BCUT2D eigenvalue weighted by Gasteiger charge is 2.48. The lowest BCUT2D eigenvalue weighted by atomic mass is 9.72. The molecule has 4 aliphatic rings.